The van der Waals surface area contributed by atoms with E-state index in [2.05, 4.69) is 35.7 Å². The lowest BCUT2D eigenvalue weighted by Gasteiger charge is -2.49. The van der Waals surface area contributed by atoms with E-state index in [1.807, 2.05) is 6.92 Å². The van der Waals surface area contributed by atoms with E-state index in [1.165, 1.54) is 0 Å². The highest BCUT2D eigenvalue weighted by Gasteiger charge is 2.47. The van der Waals surface area contributed by atoms with Crippen LogP contribution >= 0.6 is 0 Å². The molecule has 1 aliphatic carbocycles. The number of nitrogens with zero attached hydrogens (tertiary/aromatic N) is 1. The van der Waals surface area contributed by atoms with Gasteiger partial charge >= 0.3 is 0 Å². The predicted molar refractivity (Wildman–Crippen MR) is 84.8 cm³/mol. The highest BCUT2D eigenvalue weighted by molar-refractivity contribution is 5.31. The molecule has 1 unspecified atom stereocenters. The zero-order valence-electron chi connectivity index (χ0n) is 13.6. The monoisotopic (exact) mass is 307 g/mol. The summed E-state index contributed by atoms with van der Waals surface area (Å²) >= 11 is 0. The molecule has 1 saturated carbocycles. The maximum absolute atomic E-state index is 13.9. The topological polar surface area (TPSA) is 47.5 Å². The molecule has 0 bridgehead atoms. The average Bonchev–Trinajstić information content (AvgIpc) is 2.80. The number of aliphatic hydroxyl groups excluding tert-OH is 1. The molecule has 0 amide bonds. The number of halogens is 1. The van der Waals surface area contributed by atoms with Crippen LogP contribution in [0.15, 0.2) is 18.2 Å². The minimum Gasteiger partial charge on any atom is -0.365 e. The molecule has 5 heteroatoms. The summed E-state index contributed by atoms with van der Waals surface area (Å²) in [5.41, 5.74) is 1.87. The van der Waals surface area contributed by atoms with Crippen LogP contribution in [0, 0.1) is 12.7 Å². The molecule has 22 heavy (non-hydrogen) atoms. The second-order valence-electron chi connectivity index (χ2n) is 7.15. The van der Waals surface area contributed by atoms with E-state index in [4.69, 9.17) is 0 Å². The molecule has 0 aromatic heterocycles. The normalized spacial score (nSPS) is 35.5. The third kappa shape index (κ3) is 2.67. The fraction of sp³-hybridized carbons (Fsp3) is 0.647. The number of aryl methyl sites for hydroxylation is 1. The second-order valence-corrected chi connectivity index (χ2v) is 7.15. The fourth-order valence-corrected chi connectivity index (χ4v) is 4.15. The molecule has 1 saturated heterocycles. The Kier molecular flexibility index (Phi) is 4.01. The third-order valence-electron chi connectivity index (χ3n) is 5.55. The molecule has 0 radical (unpaired) electrons. The van der Waals surface area contributed by atoms with Gasteiger partial charge in [0.05, 0.1) is 0 Å². The molecule has 1 aromatic rings. The van der Waals surface area contributed by atoms with Crippen molar-refractivity contribution in [3.05, 3.63) is 35.1 Å². The second kappa shape index (κ2) is 5.57. The summed E-state index contributed by atoms with van der Waals surface area (Å²) in [5, 5.41) is 16.0. The van der Waals surface area contributed by atoms with Gasteiger partial charge in [-0.1, -0.05) is 6.07 Å². The Hall–Kier alpha value is -1.01. The van der Waals surface area contributed by atoms with Crippen molar-refractivity contribution < 1.29 is 9.50 Å². The molecule has 1 heterocycles. The summed E-state index contributed by atoms with van der Waals surface area (Å²) < 4.78 is 13.9. The van der Waals surface area contributed by atoms with Crippen LogP contribution in [0.25, 0.3) is 0 Å². The van der Waals surface area contributed by atoms with Crippen molar-refractivity contribution in [3.63, 3.8) is 0 Å². The van der Waals surface area contributed by atoms with Crippen LogP contribution in [0.4, 0.5) is 4.39 Å². The largest absolute Gasteiger partial charge is 0.365 e. The van der Waals surface area contributed by atoms with Gasteiger partial charge in [-0.05, 0) is 70.0 Å². The van der Waals surface area contributed by atoms with Crippen molar-refractivity contribution in [1.29, 1.82) is 0 Å². The van der Waals surface area contributed by atoms with Gasteiger partial charge in [0.1, 0.15) is 5.82 Å². The standard InChI is InChI=1S/C17H26FN3O/c1-12-8-13(10-14(18)9-12)17(21(2)3)6-4-16(5-7-17)11-19-15(22)20-16/h8-10,15,19-20,22H,4-7,11H2,1-3H3/t15?,16-,17+. The number of aliphatic hydroxyl groups is 1. The van der Waals surface area contributed by atoms with Gasteiger partial charge in [0.25, 0.3) is 0 Å². The van der Waals surface area contributed by atoms with E-state index in [9.17, 15) is 9.50 Å². The summed E-state index contributed by atoms with van der Waals surface area (Å²) in [6, 6.07) is 5.37. The Morgan fingerprint density at radius 3 is 2.36 bits per heavy atom. The zero-order chi connectivity index (χ0) is 16.0. The third-order valence-corrected chi connectivity index (χ3v) is 5.55. The van der Waals surface area contributed by atoms with Gasteiger partial charge in [0, 0.05) is 17.6 Å². The van der Waals surface area contributed by atoms with Gasteiger partial charge in [-0.3, -0.25) is 15.5 Å². The Morgan fingerprint density at radius 2 is 1.86 bits per heavy atom. The van der Waals surface area contributed by atoms with Crippen molar-refractivity contribution in [2.75, 3.05) is 20.6 Å². The molecule has 2 fully saturated rings. The van der Waals surface area contributed by atoms with Gasteiger partial charge in [-0.15, -0.1) is 0 Å². The van der Waals surface area contributed by atoms with Gasteiger partial charge in [-0.2, -0.15) is 0 Å². The number of hydrogen-bond donors (Lipinski definition) is 3. The first-order valence-electron chi connectivity index (χ1n) is 8.00. The summed E-state index contributed by atoms with van der Waals surface area (Å²) in [6.45, 7) is 2.74. The molecule has 4 nitrogen and oxygen atoms in total. The van der Waals surface area contributed by atoms with Crippen LogP contribution in [-0.4, -0.2) is 42.5 Å². The molecule has 1 spiro atoms. The average molecular weight is 307 g/mol. The van der Waals surface area contributed by atoms with Gasteiger partial charge < -0.3 is 5.11 Å². The van der Waals surface area contributed by atoms with Crippen molar-refractivity contribution in [2.24, 2.45) is 0 Å². The molecule has 122 valence electrons. The van der Waals surface area contributed by atoms with E-state index in [-0.39, 0.29) is 16.9 Å². The van der Waals surface area contributed by atoms with Crippen LogP contribution in [-0.2, 0) is 5.54 Å². The Labute approximate surface area is 131 Å². The molecular weight excluding hydrogens is 281 g/mol. The zero-order valence-corrected chi connectivity index (χ0v) is 13.6. The molecule has 3 N–H and O–H groups in total. The van der Waals surface area contributed by atoms with Crippen LogP contribution in [0.5, 0.6) is 0 Å². The summed E-state index contributed by atoms with van der Waals surface area (Å²) in [5.74, 6) is -0.160. The lowest BCUT2D eigenvalue weighted by Crippen LogP contribution is -2.54. The van der Waals surface area contributed by atoms with Gasteiger partial charge in [-0.25, -0.2) is 4.39 Å². The van der Waals surface area contributed by atoms with Crippen LogP contribution in [0.1, 0.15) is 36.8 Å². The van der Waals surface area contributed by atoms with Crippen molar-refractivity contribution in [3.8, 4) is 0 Å². The highest BCUT2D eigenvalue weighted by Crippen LogP contribution is 2.45. The molecular formula is C17H26FN3O. The first-order chi connectivity index (χ1) is 10.4. The van der Waals surface area contributed by atoms with E-state index in [0.717, 1.165) is 43.4 Å². The fourth-order valence-electron chi connectivity index (χ4n) is 4.15. The minimum absolute atomic E-state index is 0.0265. The smallest absolute Gasteiger partial charge is 0.161 e. The molecule has 1 atom stereocenters. The maximum atomic E-state index is 13.9. The number of rotatable bonds is 2. The number of benzene rings is 1. The van der Waals surface area contributed by atoms with Crippen LogP contribution < -0.4 is 10.6 Å². The first-order valence-corrected chi connectivity index (χ1v) is 8.00. The molecule has 3 rings (SSSR count). The van der Waals surface area contributed by atoms with E-state index in [0.29, 0.717) is 0 Å². The lowest BCUT2D eigenvalue weighted by molar-refractivity contribution is 0.0501. The SMILES string of the molecule is Cc1cc(F)cc([C@]2(N(C)C)CC[C@@]3(CC2)CNC(O)N3)c1. The molecule has 1 aromatic carbocycles. The Morgan fingerprint density at radius 1 is 1.18 bits per heavy atom. The molecule has 1 aliphatic heterocycles. The summed E-state index contributed by atoms with van der Waals surface area (Å²) in [4.78, 5) is 2.23. The maximum Gasteiger partial charge on any atom is 0.161 e. The lowest BCUT2D eigenvalue weighted by atomic mass is 9.68. The van der Waals surface area contributed by atoms with Gasteiger partial charge in [0.15, 0.2) is 6.35 Å². The quantitative estimate of drug-likeness (QED) is 0.778. The van der Waals surface area contributed by atoms with E-state index >= 15 is 0 Å². The summed E-state index contributed by atoms with van der Waals surface area (Å²) in [7, 11) is 4.15. The van der Waals surface area contributed by atoms with Gasteiger partial charge in [0.2, 0.25) is 0 Å². The Balaban J connectivity index is 1.88. The Bertz CT molecular complexity index is 533. The van der Waals surface area contributed by atoms with E-state index < -0.39 is 6.35 Å². The number of hydrogen-bond acceptors (Lipinski definition) is 4. The minimum atomic E-state index is -0.608. The highest BCUT2D eigenvalue weighted by atomic mass is 19.1. The van der Waals surface area contributed by atoms with Crippen molar-refractivity contribution >= 4 is 0 Å². The van der Waals surface area contributed by atoms with Crippen LogP contribution in [0.2, 0.25) is 0 Å². The van der Waals surface area contributed by atoms with Crippen molar-refractivity contribution in [1.82, 2.24) is 15.5 Å². The molecule has 2 aliphatic rings. The van der Waals surface area contributed by atoms with E-state index in [1.54, 1.807) is 12.1 Å². The number of nitrogens with one attached hydrogen (secondary N) is 2. The van der Waals surface area contributed by atoms with Crippen molar-refractivity contribution in [2.45, 2.75) is 50.0 Å². The first kappa shape index (κ1) is 15.9. The van der Waals surface area contributed by atoms with Crippen LogP contribution in [0.3, 0.4) is 0 Å². The summed E-state index contributed by atoms with van der Waals surface area (Å²) in [6.07, 6.45) is 3.22. The predicted octanol–water partition coefficient (Wildman–Crippen LogP) is 1.67.